The summed E-state index contributed by atoms with van der Waals surface area (Å²) in [6, 6.07) is 7.87. The minimum atomic E-state index is -0.435. The van der Waals surface area contributed by atoms with Crippen LogP contribution in [-0.4, -0.2) is 47.9 Å². The van der Waals surface area contributed by atoms with Gasteiger partial charge in [-0.1, -0.05) is 18.2 Å². The third kappa shape index (κ3) is 2.83. The molecule has 3 heteroatoms. The number of carbonyl (C=O) groups excluding carboxylic acids is 1. The lowest BCUT2D eigenvalue weighted by Gasteiger charge is -2.41. The zero-order valence-electron chi connectivity index (χ0n) is 10.9. The van der Waals surface area contributed by atoms with Crippen molar-refractivity contribution in [1.82, 2.24) is 4.90 Å². The lowest BCUT2D eigenvalue weighted by Crippen LogP contribution is -2.42. The van der Waals surface area contributed by atoms with Gasteiger partial charge in [0.25, 0.3) is 5.91 Å². The number of rotatable bonds is 1. The fourth-order valence-electron chi connectivity index (χ4n) is 2.11. The molecule has 1 amide bonds. The van der Waals surface area contributed by atoms with Crippen LogP contribution in [0.25, 0.3) is 0 Å². The number of carbonyl (C=O) groups is 1. The molecule has 1 aromatic carbocycles. The molecule has 0 unspecified atom stereocenters. The summed E-state index contributed by atoms with van der Waals surface area (Å²) in [5.41, 5.74) is 1.94. The molecule has 0 aliphatic carbocycles. The Bertz CT molecular complexity index is 418. The SMILES string of the molecule is Cc1ccccc1C(=O)N1CCS(C)(C)CC1. The van der Waals surface area contributed by atoms with E-state index in [0.29, 0.717) is 0 Å². The molecule has 0 spiro atoms. The van der Waals surface area contributed by atoms with Crippen molar-refractivity contribution in [3.05, 3.63) is 35.4 Å². The quantitative estimate of drug-likeness (QED) is 0.751. The number of aryl methyl sites for hydroxylation is 1. The summed E-state index contributed by atoms with van der Waals surface area (Å²) in [5, 5.41) is 0. The first kappa shape index (κ1) is 12.5. The maximum Gasteiger partial charge on any atom is 0.254 e. The molecule has 1 aliphatic heterocycles. The van der Waals surface area contributed by atoms with Crippen LogP contribution in [0, 0.1) is 6.92 Å². The highest BCUT2D eigenvalue weighted by molar-refractivity contribution is 8.32. The van der Waals surface area contributed by atoms with E-state index in [1.807, 2.05) is 36.1 Å². The Balaban J connectivity index is 2.10. The van der Waals surface area contributed by atoms with Crippen molar-refractivity contribution in [3.63, 3.8) is 0 Å². The van der Waals surface area contributed by atoms with Crippen LogP contribution < -0.4 is 0 Å². The van der Waals surface area contributed by atoms with Gasteiger partial charge in [-0.3, -0.25) is 4.79 Å². The molecule has 2 nitrogen and oxygen atoms in total. The van der Waals surface area contributed by atoms with Gasteiger partial charge in [0.05, 0.1) is 0 Å². The molecule has 1 saturated heterocycles. The van der Waals surface area contributed by atoms with Crippen molar-refractivity contribution in [1.29, 1.82) is 0 Å². The topological polar surface area (TPSA) is 20.3 Å². The predicted octanol–water partition coefficient (Wildman–Crippen LogP) is 2.52. The second-order valence-corrected chi connectivity index (χ2v) is 9.63. The van der Waals surface area contributed by atoms with Gasteiger partial charge >= 0.3 is 0 Å². The van der Waals surface area contributed by atoms with Gasteiger partial charge in [-0.2, -0.15) is 0 Å². The Morgan fingerprint density at radius 1 is 1.18 bits per heavy atom. The summed E-state index contributed by atoms with van der Waals surface area (Å²) < 4.78 is 0. The van der Waals surface area contributed by atoms with Gasteiger partial charge < -0.3 is 4.90 Å². The lowest BCUT2D eigenvalue weighted by molar-refractivity contribution is 0.0771. The summed E-state index contributed by atoms with van der Waals surface area (Å²) in [4.78, 5) is 14.4. The highest BCUT2D eigenvalue weighted by Gasteiger charge is 2.25. The molecular formula is C14H21NOS. The van der Waals surface area contributed by atoms with Crippen molar-refractivity contribution in [2.45, 2.75) is 6.92 Å². The Labute approximate surface area is 105 Å². The van der Waals surface area contributed by atoms with Gasteiger partial charge in [0.15, 0.2) is 0 Å². The van der Waals surface area contributed by atoms with E-state index in [2.05, 4.69) is 12.5 Å². The summed E-state index contributed by atoms with van der Waals surface area (Å²) in [7, 11) is -0.435. The molecule has 2 rings (SSSR count). The minimum absolute atomic E-state index is 0.206. The molecule has 0 atom stereocenters. The van der Waals surface area contributed by atoms with Crippen molar-refractivity contribution in [2.75, 3.05) is 37.1 Å². The van der Waals surface area contributed by atoms with E-state index in [1.165, 1.54) is 11.5 Å². The minimum Gasteiger partial charge on any atom is -0.337 e. The molecule has 0 radical (unpaired) electrons. The normalized spacial score (nSPS) is 21.0. The maximum absolute atomic E-state index is 12.4. The first-order valence-electron chi connectivity index (χ1n) is 6.03. The molecule has 0 bridgehead atoms. The fourth-order valence-corrected chi connectivity index (χ4v) is 3.75. The molecule has 0 saturated carbocycles. The fraction of sp³-hybridized carbons (Fsp3) is 0.500. The van der Waals surface area contributed by atoms with Crippen molar-refractivity contribution in [3.8, 4) is 0 Å². The van der Waals surface area contributed by atoms with Crippen LogP contribution in [-0.2, 0) is 0 Å². The van der Waals surface area contributed by atoms with Gasteiger partial charge in [0.1, 0.15) is 0 Å². The molecule has 1 heterocycles. The summed E-state index contributed by atoms with van der Waals surface area (Å²) in [6.45, 7) is 3.86. The lowest BCUT2D eigenvalue weighted by atomic mass is 10.1. The Hall–Kier alpha value is -0.960. The van der Waals surface area contributed by atoms with Crippen molar-refractivity contribution >= 4 is 15.9 Å². The Morgan fingerprint density at radius 3 is 2.35 bits per heavy atom. The first-order valence-corrected chi connectivity index (χ1v) is 8.82. The highest BCUT2D eigenvalue weighted by Crippen LogP contribution is 2.41. The molecule has 1 aromatic rings. The van der Waals surface area contributed by atoms with Gasteiger partial charge in [-0.15, -0.1) is 0 Å². The van der Waals surface area contributed by atoms with Gasteiger partial charge in [-0.25, -0.2) is 10.0 Å². The molecule has 0 aromatic heterocycles. The molecule has 17 heavy (non-hydrogen) atoms. The monoisotopic (exact) mass is 251 g/mol. The van der Waals surface area contributed by atoms with Crippen molar-refractivity contribution in [2.24, 2.45) is 0 Å². The molecule has 1 fully saturated rings. The van der Waals surface area contributed by atoms with Crippen LogP contribution in [0.1, 0.15) is 15.9 Å². The van der Waals surface area contributed by atoms with Crippen LogP contribution in [0.15, 0.2) is 24.3 Å². The highest BCUT2D eigenvalue weighted by atomic mass is 32.3. The molecule has 1 aliphatic rings. The third-order valence-electron chi connectivity index (χ3n) is 3.49. The van der Waals surface area contributed by atoms with E-state index < -0.39 is 10.0 Å². The number of hydrogen-bond acceptors (Lipinski definition) is 1. The average molecular weight is 251 g/mol. The van der Waals surface area contributed by atoms with E-state index >= 15 is 0 Å². The Kier molecular flexibility index (Phi) is 3.48. The first-order chi connectivity index (χ1) is 7.99. The number of benzene rings is 1. The zero-order chi connectivity index (χ0) is 12.5. The van der Waals surface area contributed by atoms with Gasteiger partial charge in [-0.05, 0) is 42.6 Å². The number of amides is 1. The smallest absolute Gasteiger partial charge is 0.254 e. The number of hydrogen-bond donors (Lipinski definition) is 0. The summed E-state index contributed by atoms with van der Waals surface area (Å²) in [6.07, 6.45) is 4.73. The van der Waals surface area contributed by atoms with Crippen LogP contribution in [0.5, 0.6) is 0 Å². The maximum atomic E-state index is 12.4. The van der Waals surface area contributed by atoms with E-state index in [0.717, 1.165) is 24.2 Å². The van der Waals surface area contributed by atoms with Gasteiger partial charge in [0.2, 0.25) is 0 Å². The molecule has 94 valence electrons. The van der Waals surface area contributed by atoms with E-state index in [9.17, 15) is 4.79 Å². The van der Waals surface area contributed by atoms with Crippen LogP contribution in [0.3, 0.4) is 0 Å². The molecule has 0 N–H and O–H groups in total. The molecular weight excluding hydrogens is 230 g/mol. The second kappa shape index (κ2) is 4.73. The summed E-state index contributed by atoms with van der Waals surface area (Å²) >= 11 is 0. The van der Waals surface area contributed by atoms with E-state index in [-0.39, 0.29) is 5.91 Å². The van der Waals surface area contributed by atoms with Crippen LogP contribution in [0.4, 0.5) is 0 Å². The van der Waals surface area contributed by atoms with Crippen LogP contribution in [0.2, 0.25) is 0 Å². The van der Waals surface area contributed by atoms with E-state index in [4.69, 9.17) is 0 Å². The second-order valence-electron chi connectivity index (χ2n) is 5.28. The number of nitrogens with zero attached hydrogens (tertiary/aromatic N) is 1. The standard InChI is InChI=1S/C14H21NOS/c1-12-6-4-5-7-13(12)14(16)15-8-10-17(2,3)11-9-15/h4-7H,8-11H2,1-3H3. The largest absolute Gasteiger partial charge is 0.337 e. The predicted molar refractivity (Wildman–Crippen MR) is 76.3 cm³/mol. The van der Waals surface area contributed by atoms with E-state index in [1.54, 1.807) is 0 Å². The van der Waals surface area contributed by atoms with Gasteiger partial charge in [0, 0.05) is 18.7 Å². The summed E-state index contributed by atoms with van der Waals surface area (Å²) in [5.74, 6) is 2.58. The van der Waals surface area contributed by atoms with Crippen molar-refractivity contribution < 1.29 is 4.79 Å². The zero-order valence-corrected chi connectivity index (χ0v) is 11.7. The Morgan fingerprint density at radius 2 is 1.76 bits per heavy atom. The third-order valence-corrected chi connectivity index (χ3v) is 6.07. The van der Waals surface area contributed by atoms with Crippen LogP contribution >= 0.6 is 10.0 Å². The average Bonchev–Trinajstić information content (AvgIpc) is 2.29.